The van der Waals surface area contributed by atoms with Crippen molar-refractivity contribution in [3.63, 3.8) is 0 Å². The van der Waals surface area contributed by atoms with E-state index in [2.05, 4.69) is 37.9 Å². The van der Waals surface area contributed by atoms with Gasteiger partial charge in [-0.25, -0.2) is 0 Å². The first kappa shape index (κ1) is 17.9. The molecule has 0 bridgehead atoms. The third-order valence-corrected chi connectivity index (χ3v) is 4.64. The maximum Gasteiger partial charge on any atom is 0.0593 e. The predicted molar refractivity (Wildman–Crippen MR) is 87.2 cm³/mol. The molecule has 1 saturated heterocycles. The van der Waals surface area contributed by atoms with Crippen LogP contribution in [0.3, 0.4) is 0 Å². The number of unbranched alkanes of at least 4 members (excludes halogenated alkanes) is 1. The molecule has 0 radical (unpaired) electrons. The van der Waals surface area contributed by atoms with Crippen LogP contribution in [0.1, 0.15) is 59.8 Å². The monoisotopic (exact) mass is 284 g/mol. The Balaban J connectivity index is 2.40. The third-order valence-electron chi connectivity index (χ3n) is 4.64. The molecule has 1 fully saturated rings. The van der Waals surface area contributed by atoms with Crippen LogP contribution in [0, 0.1) is 5.92 Å². The number of piperazine rings is 1. The highest BCUT2D eigenvalue weighted by Crippen LogP contribution is 2.19. The maximum absolute atomic E-state index is 5.77. The quantitative estimate of drug-likeness (QED) is 0.623. The standard InChI is InChI=1S/C17H36N2O/c1-5-8-11-20-12-10-19-14-16(9-6-2)18-13-17(19)15(4)7-3/h15-18H,5-14H2,1-4H3. The third kappa shape index (κ3) is 6.11. The average Bonchev–Trinajstić information content (AvgIpc) is 2.47. The zero-order chi connectivity index (χ0) is 14.8. The van der Waals surface area contributed by atoms with Gasteiger partial charge in [0.2, 0.25) is 0 Å². The van der Waals surface area contributed by atoms with E-state index in [4.69, 9.17) is 4.74 Å². The lowest BCUT2D eigenvalue weighted by atomic mass is 9.93. The molecule has 1 aliphatic rings. The van der Waals surface area contributed by atoms with Crippen LogP contribution in [-0.4, -0.2) is 49.8 Å². The fraction of sp³-hybridized carbons (Fsp3) is 1.00. The molecule has 120 valence electrons. The van der Waals surface area contributed by atoms with E-state index >= 15 is 0 Å². The van der Waals surface area contributed by atoms with E-state index in [1.165, 1.54) is 38.6 Å². The molecule has 0 aromatic carbocycles. The second kappa shape index (κ2) is 10.6. The lowest BCUT2D eigenvalue weighted by molar-refractivity contribution is 0.0447. The molecule has 0 saturated carbocycles. The van der Waals surface area contributed by atoms with Gasteiger partial charge in [0, 0.05) is 38.3 Å². The van der Waals surface area contributed by atoms with Gasteiger partial charge in [-0.1, -0.05) is 47.0 Å². The molecule has 1 heterocycles. The van der Waals surface area contributed by atoms with Gasteiger partial charge in [-0.3, -0.25) is 4.90 Å². The van der Waals surface area contributed by atoms with Crippen LogP contribution in [0.25, 0.3) is 0 Å². The van der Waals surface area contributed by atoms with Gasteiger partial charge in [0.15, 0.2) is 0 Å². The van der Waals surface area contributed by atoms with E-state index in [0.717, 1.165) is 32.2 Å². The van der Waals surface area contributed by atoms with Gasteiger partial charge in [-0.2, -0.15) is 0 Å². The number of ether oxygens (including phenoxy) is 1. The van der Waals surface area contributed by atoms with E-state index < -0.39 is 0 Å². The largest absolute Gasteiger partial charge is 0.380 e. The van der Waals surface area contributed by atoms with Gasteiger partial charge < -0.3 is 10.1 Å². The first-order valence-electron chi connectivity index (χ1n) is 8.78. The molecule has 0 amide bonds. The zero-order valence-electron chi connectivity index (χ0n) is 14.2. The van der Waals surface area contributed by atoms with Crippen molar-refractivity contribution in [2.45, 2.75) is 71.9 Å². The molecule has 0 aromatic heterocycles. The van der Waals surface area contributed by atoms with Crippen LogP contribution in [-0.2, 0) is 4.74 Å². The number of rotatable bonds is 10. The average molecular weight is 284 g/mol. The Labute approximate surface area is 126 Å². The smallest absolute Gasteiger partial charge is 0.0593 e. The molecular formula is C17H36N2O. The Bertz CT molecular complexity index is 235. The summed E-state index contributed by atoms with van der Waals surface area (Å²) in [5, 5.41) is 3.74. The topological polar surface area (TPSA) is 24.5 Å². The SMILES string of the molecule is CCCCOCCN1CC(CCC)NCC1C(C)CC. The fourth-order valence-electron chi connectivity index (χ4n) is 3.06. The van der Waals surface area contributed by atoms with Crippen LogP contribution in [0.2, 0.25) is 0 Å². The second-order valence-corrected chi connectivity index (χ2v) is 6.31. The Morgan fingerprint density at radius 2 is 2.00 bits per heavy atom. The summed E-state index contributed by atoms with van der Waals surface area (Å²) in [6, 6.07) is 1.36. The van der Waals surface area contributed by atoms with Crippen molar-refractivity contribution < 1.29 is 4.74 Å². The summed E-state index contributed by atoms with van der Waals surface area (Å²) >= 11 is 0. The summed E-state index contributed by atoms with van der Waals surface area (Å²) < 4.78 is 5.77. The highest BCUT2D eigenvalue weighted by Gasteiger charge is 2.29. The van der Waals surface area contributed by atoms with Crippen molar-refractivity contribution in [3.8, 4) is 0 Å². The van der Waals surface area contributed by atoms with Gasteiger partial charge in [0.25, 0.3) is 0 Å². The molecule has 20 heavy (non-hydrogen) atoms. The molecule has 0 aromatic rings. The van der Waals surface area contributed by atoms with Crippen molar-refractivity contribution in [3.05, 3.63) is 0 Å². The van der Waals surface area contributed by atoms with Gasteiger partial charge in [-0.05, 0) is 18.8 Å². The highest BCUT2D eigenvalue weighted by atomic mass is 16.5. The fourth-order valence-corrected chi connectivity index (χ4v) is 3.06. The molecule has 3 atom stereocenters. The molecule has 3 unspecified atom stereocenters. The van der Waals surface area contributed by atoms with Crippen LogP contribution >= 0.6 is 0 Å². The minimum Gasteiger partial charge on any atom is -0.380 e. The second-order valence-electron chi connectivity index (χ2n) is 6.31. The van der Waals surface area contributed by atoms with Gasteiger partial charge >= 0.3 is 0 Å². The van der Waals surface area contributed by atoms with Crippen LogP contribution in [0.5, 0.6) is 0 Å². The summed E-state index contributed by atoms with van der Waals surface area (Å²) in [5.41, 5.74) is 0. The molecule has 1 N–H and O–H groups in total. The number of hydrogen-bond acceptors (Lipinski definition) is 3. The Kier molecular flexibility index (Phi) is 9.49. The molecule has 3 nitrogen and oxygen atoms in total. The summed E-state index contributed by atoms with van der Waals surface area (Å²) in [7, 11) is 0. The maximum atomic E-state index is 5.77. The van der Waals surface area contributed by atoms with E-state index in [-0.39, 0.29) is 0 Å². The summed E-state index contributed by atoms with van der Waals surface area (Å²) in [4.78, 5) is 2.68. The van der Waals surface area contributed by atoms with E-state index in [9.17, 15) is 0 Å². The summed E-state index contributed by atoms with van der Waals surface area (Å²) in [6.07, 6.45) is 6.24. The highest BCUT2D eigenvalue weighted by molar-refractivity contribution is 4.88. The normalized spacial score (nSPS) is 25.8. The molecule has 1 aliphatic heterocycles. The van der Waals surface area contributed by atoms with Crippen LogP contribution < -0.4 is 5.32 Å². The minimum atomic E-state index is 0.677. The van der Waals surface area contributed by atoms with E-state index in [1.54, 1.807) is 0 Å². The van der Waals surface area contributed by atoms with Gasteiger partial charge in [-0.15, -0.1) is 0 Å². The molecule has 0 spiro atoms. The minimum absolute atomic E-state index is 0.677. The zero-order valence-corrected chi connectivity index (χ0v) is 14.2. The van der Waals surface area contributed by atoms with Crippen molar-refractivity contribution in [2.75, 3.05) is 32.8 Å². The van der Waals surface area contributed by atoms with Crippen LogP contribution in [0.15, 0.2) is 0 Å². The summed E-state index contributed by atoms with van der Waals surface area (Å²) in [5.74, 6) is 0.765. The van der Waals surface area contributed by atoms with Gasteiger partial charge in [0.05, 0.1) is 6.61 Å². The van der Waals surface area contributed by atoms with E-state index in [0.29, 0.717) is 12.1 Å². The molecule has 3 heteroatoms. The number of nitrogens with one attached hydrogen (secondary N) is 1. The molecule has 0 aliphatic carbocycles. The van der Waals surface area contributed by atoms with Crippen molar-refractivity contribution in [1.29, 1.82) is 0 Å². The lowest BCUT2D eigenvalue weighted by Crippen LogP contribution is -2.59. The first-order chi connectivity index (χ1) is 9.72. The van der Waals surface area contributed by atoms with Crippen molar-refractivity contribution in [2.24, 2.45) is 5.92 Å². The number of nitrogens with zero attached hydrogens (tertiary/aromatic N) is 1. The van der Waals surface area contributed by atoms with Crippen molar-refractivity contribution in [1.82, 2.24) is 10.2 Å². The lowest BCUT2D eigenvalue weighted by Gasteiger charge is -2.43. The Morgan fingerprint density at radius 1 is 1.20 bits per heavy atom. The Morgan fingerprint density at radius 3 is 2.65 bits per heavy atom. The molecule has 1 rings (SSSR count). The number of hydrogen-bond donors (Lipinski definition) is 1. The molecular weight excluding hydrogens is 248 g/mol. The first-order valence-corrected chi connectivity index (χ1v) is 8.78. The van der Waals surface area contributed by atoms with E-state index in [1.807, 2.05) is 0 Å². The van der Waals surface area contributed by atoms with Gasteiger partial charge in [0.1, 0.15) is 0 Å². The Hall–Kier alpha value is -0.120. The van der Waals surface area contributed by atoms with Crippen LogP contribution in [0.4, 0.5) is 0 Å². The summed E-state index contributed by atoms with van der Waals surface area (Å²) in [6.45, 7) is 14.4. The van der Waals surface area contributed by atoms with Crippen molar-refractivity contribution >= 4 is 0 Å². The predicted octanol–water partition coefficient (Wildman–Crippen LogP) is 3.29.